The van der Waals surface area contributed by atoms with Gasteiger partial charge in [-0.15, -0.1) is 0 Å². The van der Waals surface area contributed by atoms with E-state index in [2.05, 4.69) is 68.5 Å². The summed E-state index contributed by atoms with van der Waals surface area (Å²) in [5.74, 6) is 0. The predicted octanol–water partition coefficient (Wildman–Crippen LogP) is 3.50. The molecule has 0 N–H and O–H groups in total. The average molecular weight is 615 g/mol. The molecule has 2 fully saturated rings. The van der Waals surface area contributed by atoms with Crippen LogP contribution < -0.4 is 24.8 Å². The molecule has 0 aromatic heterocycles. The van der Waals surface area contributed by atoms with Crippen LogP contribution in [-0.2, 0) is 20.4 Å². The minimum Gasteiger partial charge on any atom is -1.00 e. The summed E-state index contributed by atoms with van der Waals surface area (Å²) >= 11 is -2.03. The molecule has 0 saturated heterocycles. The summed E-state index contributed by atoms with van der Waals surface area (Å²) in [7, 11) is 0. The van der Waals surface area contributed by atoms with Crippen molar-refractivity contribution in [2.45, 2.75) is 99.2 Å². The van der Waals surface area contributed by atoms with Gasteiger partial charge in [-0.05, 0) is 0 Å². The fourth-order valence-electron chi connectivity index (χ4n) is 7.60. The van der Waals surface area contributed by atoms with Gasteiger partial charge >= 0.3 is 216 Å². The molecule has 0 atom stereocenters. The van der Waals surface area contributed by atoms with Gasteiger partial charge in [-0.1, -0.05) is 0 Å². The van der Waals surface area contributed by atoms with Crippen molar-refractivity contribution in [1.82, 2.24) is 0 Å². The molecule has 0 unspecified atom stereocenters. The van der Waals surface area contributed by atoms with Gasteiger partial charge in [0.15, 0.2) is 0 Å². The van der Waals surface area contributed by atoms with E-state index in [0.717, 1.165) is 14.7 Å². The Morgan fingerprint density at radius 3 is 1.64 bits per heavy atom. The molecule has 0 heterocycles. The molecule has 2 saturated carbocycles. The molecule has 6 rings (SSSR count). The summed E-state index contributed by atoms with van der Waals surface area (Å²) in [5.41, 5.74) is 11.4. The van der Waals surface area contributed by atoms with E-state index in [1.165, 1.54) is 56.1 Å². The Morgan fingerprint density at radius 1 is 0.694 bits per heavy atom. The topological polar surface area (TPSA) is 0 Å². The van der Waals surface area contributed by atoms with Crippen molar-refractivity contribution >= 4 is 5.43 Å². The number of hydrogen-bond donors (Lipinski definition) is 0. The minimum atomic E-state index is -2.03. The monoisotopic (exact) mass is 612 g/mol. The number of benzene rings is 2. The molecule has 36 heavy (non-hydrogen) atoms. The number of hydrogen-bond acceptors (Lipinski definition) is 0. The zero-order chi connectivity index (χ0) is 23.1. The molecule has 4 aliphatic rings. The van der Waals surface area contributed by atoms with E-state index >= 15 is 0 Å². The zero-order valence-electron chi connectivity index (χ0n) is 22.0. The molecule has 4 heteroatoms. The Hall–Kier alpha value is -0.400. The molecule has 190 valence electrons. The Labute approximate surface area is 239 Å². The van der Waals surface area contributed by atoms with E-state index in [9.17, 15) is 0 Å². The minimum absolute atomic E-state index is 0. The number of fused-ring (bicyclic) bond motifs is 3. The van der Waals surface area contributed by atoms with Crippen molar-refractivity contribution in [3.63, 3.8) is 0 Å². The zero-order valence-corrected chi connectivity index (χ0v) is 26.9. The smallest absolute Gasteiger partial charge is 1.00 e. The third kappa shape index (κ3) is 5.50. The van der Waals surface area contributed by atoms with Gasteiger partial charge in [0.05, 0.1) is 0 Å². The molecule has 2 aromatic carbocycles. The fourth-order valence-corrected chi connectivity index (χ4v) is 35.9. The van der Waals surface area contributed by atoms with Crippen molar-refractivity contribution in [3.05, 3.63) is 80.2 Å². The van der Waals surface area contributed by atoms with Crippen LogP contribution in [0.15, 0.2) is 57.9 Å². The number of aryl methyl sites for hydroxylation is 2. The van der Waals surface area contributed by atoms with Crippen LogP contribution in [0.3, 0.4) is 0 Å². The van der Waals surface area contributed by atoms with Crippen LogP contribution in [-0.4, -0.2) is 5.43 Å². The van der Waals surface area contributed by atoms with E-state index in [1.54, 1.807) is 47.9 Å². The van der Waals surface area contributed by atoms with Crippen LogP contribution in [0.5, 0.6) is 0 Å². The molecule has 0 radical (unpaired) electrons. The third-order valence-electron chi connectivity index (χ3n) is 9.13. The average Bonchev–Trinajstić information content (AvgIpc) is 3.50. The van der Waals surface area contributed by atoms with Crippen LogP contribution in [0.4, 0.5) is 0 Å². The maximum Gasteiger partial charge on any atom is -1.00 e. The molecular weight excluding hydrogens is 575 g/mol. The summed E-state index contributed by atoms with van der Waals surface area (Å²) in [4.78, 5) is 0. The first-order valence-electron chi connectivity index (χ1n) is 14.0. The molecule has 0 amide bonds. The van der Waals surface area contributed by atoms with Crippen LogP contribution in [0, 0.1) is 13.8 Å². The molecule has 4 aliphatic carbocycles. The molecule has 0 spiro atoms. The molecule has 0 aliphatic heterocycles. The van der Waals surface area contributed by atoms with Crippen LogP contribution in [0.1, 0.15) is 96.5 Å². The van der Waals surface area contributed by atoms with Crippen molar-refractivity contribution in [1.29, 1.82) is 0 Å². The number of halogens is 2. The van der Waals surface area contributed by atoms with E-state index in [0.29, 0.717) is 0 Å². The maximum absolute atomic E-state index is 2.63. The van der Waals surface area contributed by atoms with E-state index < -0.39 is 20.4 Å². The first kappa shape index (κ1) is 28.6. The standard InChI is InChI=1S/C15H13.C12H22Si.C5H5.2ClH.Zr/c1-10-3-5-14-12(7-10)9-13-8-11(2)4-6-15(13)14;1-3-7-11(8-4-1)13-12-9-5-2-6-10-12;1-2-4-5-3-1;;;/h3-9H,1-2H3;11-12H,1-10H2;1-3H,4H2;2*1H;/q;;;;;+2/p-2. The Kier molecular flexibility index (Phi) is 10.0. The number of rotatable bonds is 4. The summed E-state index contributed by atoms with van der Waals surface area (Å²) in [6.07, 6.45) is 24.1. The van der Waals surface area contributed by atoms with E-state index in [1.807, 2.05) is 3.28 Å². The summed E-state index contributed by atoms with van der Waals surface area (Å²) < 4.78 is 2.73. The van der Waals surface area contributed by atoms with Gasteiger partial charge in [-0.3, -0.25) is 0 Å². The first-order chi connectivity index (χ1) is 16.7. The van der Waals surface area contributed by atoms with Gasteiger partial charge in [0, 0.05) is 0 Å². The molecule has 0 nitrogen and oxygen atoms in total. The van der Waals surface area contributed by atoms with Gasteiger partial charge in [0.2, 0.25) is 0 Å². The SMILES string of the molecule is Cc1ccc2c(c1)[CH]([Zr+2]([C]1=CC=CC1)=[Si](C1CCCCC1)C1CCCCC1)c1cc(C)ccc1-2.[Cl-].[Cl-]. The van der Waals surface area contributed by atoms with Crippen molar-refractivity contribution in [3.8, 4) is 11.1 Å². The van der Waals surface area contributed by atoms with Crippen LogP contribution >= 0.6 is 0 Å². The predicted molar refractivity (Wildman–Crippen MR) is 144 cm³/mol. The number of allylic oxidation sites excluding steroid dienone is 4. The van der Waals surface area contributed by atoms with E-state index in [4.69, 9.17) is 0 Å². The van der Waals surface area contributed by atoms with Crippen LogP contribution in [0.25, 0.3) is 11.1 Å². The van der Waals surface area contributed by atoms with Gasteiger partial charge in [0.25, 0.3) is 0 Å². The molecule has 2 aromatic rings. The van der Waals surface area contributed by atoms with Crippen molar-refractivity contribution in [2.75, 3.05) is 0 Å². The van der Waals surface area contributed by atoms with Crippen molar-refractivity contribution in [2.24, 2.45) is 0 Å². The van der Waals surface area contributed by atoms with Gasteiger partial charge in [-0.2, -0.15) is 0 Å². The van der Waals surface area contributed by atoms with Gasteiger partial charge in [-0.25, -0.2) is 0 Å². The second-order valence-electron chi connectivity index (χ2n) is 11.5. The third-order valence-corrected chi connectivity index (χ3v) is 32.4. The quantitative estimate of drug-likeness (QED) is 0.463. The Morgan fingerprint density at radius 2 is 1.19 bits per heavy atom. The van der Waals surface area contributed by atoms with Gasteiger partial charge in [0.1, 0.15) is 0 Å². The van der Waals surface area contributed by atoms with E-state index in [-0.39, 0.29) is 30.2 Å². The molecule has 0 bridgehead atoms. The normalized spacial score (nSPS) is 19.4. The summed E-state index contributed by atoms with van der Waals surface area (Å²) in [6, 6.07) is 14.9. The molecular formula is C32H40Cl2SiZr. The summed E-state index contributed by atoms with van der Waals surface area (Å²) in [5, 5.41) is 0. The second kappa shape index (κ2) is 12.6. The van der Waals surface area contributed by atoms with Crippen LogP contribution in [0.2, 0.25) is 11.1 Å². The fraction of sp³-hybridized carbons (Fsp3) is 0.500. The largest absolute Gasteiger partial charge is 1.00 e. The maximum atomic E-state index is 2.63. The first-order valence-corrected chi connectivity index (χ1v) is 22.0. The second-order valence-corrected chi connectivity index (χ2v) is 26.5. The van der Waals surface area contributed by atoms with Gasteiger partial charge < -0.3 is 24.8 Å². The van der Waals surface area contributed by atoms with Crippen molar-refractivity contribution < 1.29 is 45.2 Å². The Bertz CT molecular complexity index is 1110. The Balaban J connectivity index is 0.00000152. The summed E-state index contributed by atoms with van der Waals surface area (Å²) in [6.45, 7) is 4.64.